The maximum absolute atomic E-state index is 13.7. The number of benzene rings is 1. The van der Waals surface area contributed by atoms with E-state index in [4.69, 9.17) is 9.47 Å². The Hall–Kier alpha value is -2.24. The number of methoxy groups -OCH3 is 1. The molecule has 1 heterocycles. The average molecular weight is 417 g/mol. The molecule has 2 aliphatic rings. The first-order valence-electron chi connectivity index (χ1n) is 11.3. The van der Waals surface area contributed by atoms with Crippen molar-refractivity contribution < 1.29 is 19.1 Å². The molecule has 6 heteroatoms. The number of hydrogen-bond acceptors (Lipinski definition) is 4. The summed E-state index contributed by atoms with van der Waals surface area (Å²) in [5.74, 6) is 1.26. The molecule has 0 bridgehead atoms. The maximum atomic E-state index is 13.7. The van der Waals surface area contributed by atoms with Crippen molar-refractivity contribution in [1.82, 2.24) is 9.80 Å². The smallest absolute Gasteiger partial charge is 0.250 e. The van der Waals surface area contributed by atoms with Crippen LogP contribution in [-0.4, -0.2) is 53.5 Å². The molecule has 2 fully saturated rings. The molecule has 0 radical (unpaired) electrons. The lowest BCUT2D eigenvalue weighted by Crippen LogP contribution is -2.59. The van der Waals surface area contributed by atoms with E-state index in [2.05, 4.69) is 0 Å². The van der Waals surface area contributed by atoms with Gasteiger partial charge in [0.1, 0.15) is 12.6 Å². The first kappa shape index (κ1) is 22.4. The van der Waals surface area contributed by atoms with Gasteiger partial charge in [-0.05, 0) is 58.2 Å². The van der Waals surface area contributed by atoms with Gasteiger partial charge in [0.15, 0.2) is 11.5 Å². The fourth-order valence-electron chi connectivity index (χ4n) is 4.70. The molecule has 1 atom stereocenters. The van der Waals surface area contributed by atoms with E-state index in [1.165, 1.54) is 12.8 Å². The third kappa shape index (κ3) is 4.73. The fourth-order valence-corrected chi connectivity index (χ4v) is 4.70. The molecule has 1 aromatic carbocycles. The van der Waals surface area contributed by atoms with Crippen LogP contribution in [0.1, 0.15) is 77.8 Å². The zero-order chi connectivity index (χ0) is 21.8. The van der Waals surface area contributed by atoms with Crippen LogP contribution in [0.25, 0.3) is 0 Å². The largest absolute Gasteiger partial charge is 0.493 e. The van der Waals surface area contributed by atoms with Gasteiger partial charge >= 0.3 is 0 Å². The van der Waals surface area contributed by atoms with Crippen molar-refractivity contribution in [2.24, 2.45) is 0 Å². The fraction of sp³-hybridized carbons (Fsp3) is 0.667. The highest BCUT2D eigenvalue weighted by molar-refractivity contribution is 5.96. The zero-order valence-corrected chi connectivity index (χ0v) is 19.0. The molecule has 0 aromatic heterocycles. The Morgan fingerprint density at radius 3 is 2.20 bits per heavy atom. The second kappa shape index (κ2) is 9.71. The number of amides is 2. The number of rotatable bonds is 6. The highest BCUT2D eigenvalue weighted by Gasteiger charge is 2.44. The minimum atomic E-state index is -0.628. The third-order valence-corrected chi connectivity index (χ3v) is 6.08. The average Bonchev–Trinajstić information content (AvgIpc) is 2.98. The van der Waals surface area contributed by atoms with Crippen LogP contribution < -0.4 is 9.47 Å². The summed E-state index contributed by atoms with van der Waals surface area (Å²) in [5, 5.41) is 0. The van der Waals surface area contributed by atoms with E-state index < -0.39 is 6.04 Å². The van der Waals surface area contributed by atoms with Gasteiger partial charge in [0.25, 0.3) is 5.91 Å². The number of hydrogen-bond donors (Lipinski definition) is 0. The number of ether oxygens (including phenoxy) is 2. The first-order valence-corrected chi connectivity index (χ1v) is 11.3. The van der Waals surface area contributed by atoms with E-state index in [1.807, 2.05) is 50.8 Å². The van der Waals surface area contributed by atoms with Gasteiger partial charge in [-0.3, -0.25) is 9.59 Å². The van der Waals surface area contributed by atoms with E-state index >= 15 is 0 Å². The summed E-state index contributed by atoms with van der Waals surface area (Å²) in [6, 6.07) is 5.04. The van der Waals surface area contributed by atoms with Crippen LogP contribution >= 0.6 is 0 Å². The van der Waals surface area contributed by atoms with Gasteiger partial charge in [-0.25, -0.2) is 0 Å². The van der Waals surface area contributed by atoms with Crippen molar-refractivity contribution in [1.29, 1.82) is 0 Å². The highest BCUT2D eigenvalue weighted by Crippen LogP contribution is 2.37. The third-order valence-electron chi connectivity index (χ3n) is 6.08. The Kier molecular flexibility index (Phi) is 7.27. The molecule has 0 spiro atoms. The predicted molar refractivity (Wildman–Crippen MR) is 117 cm³/mol. The zero-order valence-electron chi connectivity index (χ0n) is 19.0. The van der Waals surface area contributed by atoms with Crippen LogP contribution in [0.2, 0.25) is 0 Å². The van der Waals surface area contributed by atoms with Gasteiger partial charge in [0.2, 0.25) is 5.91 Å². The molecule has 1 aliphatic carbocycles. The Balaban J connectivity index is 1.97. The molecule has 166 valence electrons. The summed E-state index contributed by atoms with van der Waals surface area (Å²) < 4.78 is 11.4. The van der Waals surface area contributed by atoms with Crippen LogP contribution in [0.3, 0.4) is 0 Å². The van der Waals surface area contributed by atoms with Crippen LogP contribution in [0.5, 0.6) is 11.5 Å². The van der Waals surface area contributed by atoms with Crippen molar-refractivity contribution in [3.63, 3.8) is 0 Å². The second-order valence-corrected chi connectivity index (χ2v) is 8.99. The molecular weight excluding hydrogens is 380 g/mol. The van der Waals surface area contributed by atoms with E-state index in [0.717, 1.165) is 31.2 Å². The number of piperazine rings is 1. The molecule has 2 amide bonds. The quantitative estimate of drug-likeness (QED) is 0.648. The molecule has 1 aromatic rings. The molecule has 1 saturated carbocycles. The van der Waals surface area contributed by atoms with Gasteiger partial charge < -0.3 is 19.3 Å². The van der Waals surface area contributed by atoms with Gasteiger partial charge in [-0.15, -0.1) is 0 Å². The van der Waals surface area contributed by atoms with Crippen LogP contribution in [0.4, 0.5) is 0 Å². The van der Waals surface area contributed by atoms with Crippen molar-refractivity contribution in [2.75, 3.05) is 13.7 Å². The Morgan fingerprint density at radius 2 is 1.63 bits per heavy atom. The summed E-state index contributed by atoms with van der Waals surface area (Å²) in [6.07, 6.45) is 6.65. The normalized spacial score (nSPS) is 21.4. The van der Waals surface area contributed by atoms with Gasteiger partial charge in [0, 0.05) is 12.1 Å². The van der Waals surface area contributed by atoms with Crippen LogP contribution in [0.15, 0.2) is 18.2 Å². The van der Waals surface area contributed by atoms with Gasteiger partial charge in [-0.2, -0.15) is 0 Å². The Bertz CT molecular complexity index is 754. The van der Waals surface area contributed by atoms with Crippen molar-refractivity contribution >= 4 is 11.8 Å². The SMILES string of the molecule is COc1cc([C@@H]2C(=O)N(C3CCCCCC3)CC(=O)N2C(C)C)ccc1OC(C)C. The summed E-state index contributed by atoms with van der Waals surface area (Å²) in [7, 11) is 1.60. The van der Waals surface area contributed by atoms with E-state index in [0.29, 0.717) is 11.5 Å². The molecule has 6 nitrogen and oxygen atoms in total. The second-order valence-electron chi connectivity index (χ2n) is 8.99. The van der Waals surface area contributed by atoms with E-state index in [9.17, 15) is 9.59 Å². The minimum Gasteiger partial charge on any atom is -0.493 e. The molecule has 30 heavy (non-hydrogen) atoms. The summed E-state index contributed by atoms with van der Waals surface area (Å²) in [4.78, 5) is 30.4. The van der Waals surface area contributed by atoms with Gasteiger partial charge in [0.05, 0.1) is 13.2 Å². The lowest BCUT2D eigenvalue weighted by molar-refractivity contribution is -0.160. The van der Waals surface area contributed by atoms with Gasteiger partial charge in [-0.1, -0.05) is 31.7 Å². The lowest BCUT2D eigenvalue weighted by atomic mass is 9.96. The monoisotopic (exact) mass is 416 g/mol. The Morgan fingerprint density at radius 1 is 0.967 bits per heavy atom. The van der Waals surface area contributed by atoms with Crippen molar-refractivity contribution in [2.45, 2.75) is 90.4 Å². The molecule has 1 saturated heterocycles. The molecule has 0 N–H and O–H groups in total. The minimum absolute atomic E-state index is 0.0142. The molecule has 0 unspecified atom stereocenters. The lowest BCUT2D eigenvalue weighted by Gasteiger charge is -2.45. The van der Waals surface area contributed by atoms with Crippen LogP contribution in [0, 0.1) is 0 Å². The number of nitrogens with zero attached hydrogens (tertiary/aromatic N) is 2. The summed E-state index contributed by atoms with van der Waals surface area (Å²) in [6.45, 7) is 8.04. The van der Waals surface area contributed by atoms with Crippen molar-refractivity contribution in [3.8, 4) is 11.5 Å². The van der Waals surface area contributed by atoms with Crippen LogP contribution in [-0.2, 0) is 9.59 Å². The Labute approximate surface area is 180 Å². The number of carbonyl (C=O) groups is 2. The van der Waals surface area contributed by atoms with E-state index in [-0.39, 0.29) is 36.5 Å². The summed E-state index contributed by atoms with van der Waals surface area (Å²) >= 11 is 0. The molecule has 3 rings (SSSR count). The predicted octanol–water partition coefficient (Wildman–Crippen LogP) is 4.33. The summed E-state index contributed by atoms with van der Waals surface area (Å²) in [5.41, 5.74) is 0.772. The number of carbonyl (C=O) groups excluding carboxylic acids is 2. The topological polar surface area (TPSA) is 59.1 Å². The maximum Gasteiger partial charge on any atom is 0.250 e. The first-order chi connectivity index (χ1) is 14.3. The highest BCUT2D eigenvalue weighted by atomic mass is 16.5. The molecular formula is C24H36N2O4. The van der Waals surface area contributed by atoms with E-state index in [1.54, 1.807) is 12.0 Å². The van der Waals surface area contributed by atoms with Crippen molar-refractivity contribution in [3.05, 3.63) is 23.8 Å². The molecule has 1 aliphatic heterocycles. The standard InChI is InChI=1S/C24H36N2O4/c1-16(2)26-22(27)15-25(19-10-8-6-7-9-11-19)24(28)23(26)18-12-13-20(30-17(3)4)21(14-18)29-5/h12-14,16-17,19,23H,6-11,15H2,1-5H3/t23-/m1/s1.